The fraction of sp³-hybridized carbons (Fsp3) is 0.312. The van der Waals surface area contributed by atoms with Gasteiger partial charge in [0.25, 0.3) is 11.6 Å². The van der Waals surface area contributed by atoms with Crippen molar-refractivity contribution in [3.8, 4) is 11.5 Å². The normalized spacial score (nSPS) is 11.0. The van der Waals surface area contributed by atoms with Gasteiger partial charge in [-0.2, -0.15) is 0 Å². The maximum Gasteiger partial charge on any atom is 0.259 e. The summed E-state index contributed by atoms with van der Waals surface area (Å²) in [5.41, 5.74) is 1.94. The predicted molar refractivity (Wildman–Crippen MR) is 83.1 cm³/mol. The lowest BCUT2D eigenvalue weighted by molar-refractivity contribution is 0.0950. The van der Waals surface area contributed by atoms with Crippen LogP contribution in [0, 0.1) is 6.92 Å². The highest BCUT2D eigenvalue weighted by Crippen LogP contribution is 2.27. The molecule has 1 amide bonds. The summed E-state index contributed by atoms with van der Waals surface area (Å²) in [5.74, 6) is 0.363. The molecule has 0 aliphatic carbocycles. The Kier molecular flexibility index (Phi) is 4.38. The van der Waals surface area contributed by atoms with Crippen LogP contribution in [-0.4, -0.2) is 36.3 Å². The van der Waals surface area contributed by atoms with E-state index >= 15 is 0 Å². The third kappa shape index (κ3) is 3.09. The van der Waals surface area contributed by atoms with E-state index in [9.17, 15) is 4.79 Å². The number of hydrogen-bond donors (Lipinski definition) is 1. The zero-order chi connectivity index (χ0) is 16.2. The minimum atomic E-state index is -0.201. The van der Waals surface area contributed by atoms with Crippen molar-refractivity contribution in [1.82, 2.24) is 15.5 Å². The van der Waals surface area contributed by atoms with Crippen molar-refractivity contribution in [2.45, 2.75) is 13.3 Å². The molecule has 0 saturated carbocycles. The number of carbonyl (C=O) groups is 1. The number of rotatable bonds is 6. The van der Waals surface area contributed by atoms with Crippen molar-refractivity contribution in [2.75, 3.05) is 20.3 Å². The van der Waals surface area contributed by atoms with E-state index in [1.54, 1.807) is 38.5 Å². The summed E-state index contributed by atoms with van der Waals surface area (Å²) in [7, 11) is 1.63. The molecule has 0 unspecified atom stereocenters. The van der Waals surface area contributed by atoms with Crippen molar-refractivity contribution in [3.05, 3.63) is 35.7 Å². The topological polar surface area (TPSA) is 90.4 Å². The van der Waals surface area contributed by atoms with Crippen LogP contribution in [0.25, 0.3) is 22.6 Å². The molecular formula is C16H17N3O4. The number of methoxy groups -OCH3 is 1. The quantitative estimate of drug-likeness (QED) is 0.703. The van der Waals surface area contributed by atoms with Gasteiger partial charge < -0.3 is 19.0 Å². The summed E-state index contributed by atoms with van der Waals surface area (Å²) >= 11 is 0. The Bertz CT molecular complexity index is 808. The van der Waals surface area contributed by atoms with E-state index in [2.05, 4.69) is 15.5 Å². The van der Waals surface area contributed by atoms with Crippen LogP contribution in [-0.2, 0) is 4.74 Å². The molecule has 0 radical (unpaired) electrons. The summed E-state index contributed by atoms with van der Waals surface area (Å²) in [6, 6.07) is 5.23. The third-order valence-corrected chi connectivity index (χ3v) is 3.45. The van der Waals surface area contributed by atoms with Gasteiger partial charge in [-0.15, -0.1) is 0 Å². The Morgan fingerprint density at radius 1 is 1.43 bits per heavy atom. The lowest BCUT2D eigenvalue weighted by Crippen LogP contribution is -2.25. The van der Waals surface area contributed by atoms with Gasteiger partial charge in [-0.05, 0) is 31.5 Å². The molecular weight excluding hydrogens is 298 g/mol. The third-order valence-electron chi connectivity index (χ3n) is 3.45. The van der Waals surface area contributed by atoms with Crippen molar-refractivity contribution >= 4 is 17.0 Å². The number of pyridine rings is 1. The van der Waals surface area contributed by atoms with Gasteiger partial charge in [0.1, 0.15) is 5.69 Å². The van der Waals surface area contributed by atoms with Gasteiger partial charge in [0.15, 0.2) is 5.76 Å². The molecule has 3 aromatic heterocycles. The molecule has 1 N–H and O–H groups in total. The van der Waals surface area contributed by atoms with E-state index in [-0.39, 0.29) is 5.91 Å². The largest absolute Gasteiger partial charge is 0.463 e. The molecule has 0 fully saturated rings. The second kappa shape index (κ2) is 6.62. The second-order valence-corrected chi connectivity index (χ2v) is 5.08. The molecule has 0 aliphatic heterocycles. The fourth-order valence-corrected chi connectivity index (χ4v) is 2.34. The number of nitrogens with zero attached hydrogens (tertiary/aromatic N) is 2. The number of hydrogen-bond acceptors (Lipinski definition) is 6. The molecule has 0 atom stereocenters. The molecule has 0 aliphatic rings. The van der Waals surface area contributed by atoms with Gasteiger partial charge in [0.05, 0.1) is 22.9 Å². The fourth-order valence-electron chi connectivity index (χ4n) is 2.34. The molecule has 3 aromatic rings. The minimum absolute atomic E-state index is 0.201. The van der Waals surface area contributed by atoms with Crippen LogP contribution < -0.4 is 5.32 Å². The van der Waals surface area contributed by atoms with Crippen molar-refractivity contribution in [3.63, 3.8) is 0 Å². The summed E-state index contributed by atoms with van der Waals surface area (Å²) in [6.07, 6.45) is 2.29. The average molecular weight is 315 g/mol. The maximum absolute atomic E-state index is 12.5. The van der Waals surface area contributed by atoms with E-state index in [1.807, 2.05) is 0 Å². The molecule has 23 heavy (non-hydrogen) atoms. The maximum atomic E-state index is 12.5. The standard InChI is InChI=1S/C16H17N3O4/c1-10-14-11(15(20)17-6-4-7-21-2)9-12(13-5-3-8-22-13)18-16(14)23-19-10/h3,5,8-9H,4,6-7H2,1-2H3,(H,17,20). The SMILES string of the molecule is COCCCNC(=O)c1cc(-c2ccco2)nc2onc(C)c12. The number of aryl methyl sites for hydroxylation is 1. The first-order chi connectivity index (χ1) is 11.2. The first-order valence-electron chi connectivity index (χ1n) is 7.28. The highest BCUT2D eigenvalue weighted by molar-refractivity contribution is 6.06. The molecule has 7 nitrogen and oxygen atoms in total. The Morgan fingerprint density at radius 3 is 3.04 bits per heavy atom. The van der Waals surface area contributed by atoms with Crippen molar-refractivity contribution in [1.29, 1.82) is 0 Å². The van der Waals surface area contributed by atoms with E-state index in [4.69, 9.17) is 13.7 Å². The number of amides is 1. The molecule has 0 saturated heterocycles. The zero-order valence-corrected chi connectivity index (χ0v) is 13.0. The molecule has 7 heteroatoms. The zero-order valence-electron chi connectivity index (χ0n) is 13.0. The molecule has 3 rings (SSSR count). The van der Waals surface area contributed by atoms with Gasteiger partial charge in [-0.25, -0.2) is 4.98 Å². The van der Waals surface area contributed by atoms with Crippen molar-refractivity contribution in [2.24, 2.45) is 0 Å². The van der Waals surface area contributed by atoms with Crippen LogP contribution in [0.5, 0.6) is 0 Å². The van der Waals surface area contributed by atoms with Crippen LogP contribution in [0.1, 0.15) is 22.5 Å². The average Bonchev–Trinajstić information content (AvgIpc) is 3.21. The van der Waals surface area contributed by atoms with Gasteiger partial charge >= 0.3 is 0 Å². The Morgan fingerprint density at radius 2 is 2.30 bits per heavy atom. The number of aromatic nitrogens is 2. The van der Waals surface area contributed by atoms with Crippen LogP contribution in [0.3, 0.4) is 0 Å². The van der Waals surface area contributed by atoms with Gasteiger partial charge in [-0.1, -0.05) is 5.16 Å². The van der Waals surface area contributed by atoms with Gasteiger partial charge in [0.2, 0.25) is 0 Å². The van der Waals surface area contributed by atoms with Crippen LogP contribution in [0.15, 0.2) is 33.4 Å². The van der Waals surface area contributed by atoms with Crippen molar-refractivity contribution < 1.29 is 18.5 Å². The van der Waals surface area contributed by atoms with Gasteiger partial charge in [-0.3, -0.25) is 4.79 Å². The Hall–Kier alpha value is -2.67. The highest BCUT2D eigenvalue weighted by Gasteiger charge is 2.19. The van der Waals surface area contributed by atoms with E-state index in [1.165, 1.54) is 0 Å². The summed E-state index contributed by atoms with van der Waals surface area (Å²) in [5, 5.41) is 7.39. The Balaban J connectivity index is 1.96. The van der Waals surface area contributed by atoms with E-state index in [0.29, 0.717) is 47.0 Å². The van der Waals surface area contributed by atoms with E-state index < -0.39 is 0 Å². The summed E-state index contributed by atoms with van der Waals surface area (Å²) in [4.78, 5) is 16.9. The molecule has 0 aromatic carbocycles. The molecule has 0 spiro atoms. The number of furan rings is 1. The number of ether oxygens (including phenoxy) is 1. The molecule has 0 bridgehead atoms. The lowest BCUT2D eigenvalue weighted by atomic mass is 10.1. The highest BCUT2D eigenvalue weighted by atomic mass is 16.5. The first-order valence-corrected chi connectivity index (χ1v) is 7.28. The van der Waals surface area contributed by atoms with E-state index in [0.717, 1.165) is 6.42 Å². The summed E-state index contributed by atoms with van der Waals surface area (Å²) in [6.45, 7) is 2.90. The van der Waals surface area contributed by atoms with Crippen LogP contribution in [0.2, 0.25) is 0 Å². The minimum Gasteiger partial charge on any atom is -0.463 e. The second-order valence-electron chi connectivity index (χ2n) is 5.08. The lowest BCUT2D eigenvalue weighted by Gasteiger charge is -2.07. The van der Waals surface area contributed by atoms with Gasteiger partial charge in [0, 0.05) is 20.3 Å². The monoisotopic (exact) mass is 315 g/mol. The molecule has 3 heterocycles. The summed E-state index contributed by atoms with van der Waals surface area (Å²) < 4.78 is 15.5. The number of carbonyl (C=O) groups excluding carboxylic acids is 1. The first kappa shape index (κ1) is 15.2. The predicted octanol–water partition coefficient (Wildman–Crippen LogP) is 2.56. The smallest absolute Gasteiger partial charge is 0.259 e. The van der Waals surface area contributed by atoms with Crippen LogP contribution >= 0.6 is 0 Å². The number of fused-ring (bicyclic) bond motifs is 1. The van der Waals surface area contributed by atoms with Crippen LogP contribution in [0.4, 0.5) is 0 Å². The number of nitrogens with one attached hydrogen (secondary N) is 1. The molecule has 120 valence electrons. The Labute approximate surface area is 132 Å².